The smallest absolute Gasteiger partial charge is 0.223 e. The highest BCUT2D eigenvalue weighted by Gasteiger charge is 2.10. The van der Waals surface area contributed by atoms with Crippen LogP contribution in [0.25, 0.3) is 0 Å². The summed E-state index contributed by atoms with van der Waals surface area (Å²) in [5.41, 5.74) is 0. The number of nitrogens with zero attached hydrogens (tertiary/aromatic N) is 4. The summed E-state index contributed by atoms with van der Waals surface area (Å²) < 4.78 is 13.8. The van der Waals surface area contributed by atoms with Gasteiger partial charge in [0.25, 0.3) is 0 Å². The van der Waals surface area contributed by atoms with Crippen molar-refractivity contribution in [3.8, 4) is 0 Å². The van der Waals surface area contributed by atoms with Gasteiger partial charge in [-0.2, -0.15) is 0 Å². The van der Waals surface area contributed by atoms with Gasteiger partial charge < -0.3 is 0 Å². The molecule has 0 radical (unpaired) electrons. The summed E-state index contributed by atoms with van der Waals surface area (Å²) in [5.74, 6) is -0.516. The van der Waals surface area contributed by atoms with E-state index in [0.29, 0.717) is 4.34 Å². The molecule has 0 aliphatic heterocycles. The first kappa shape index (κ1) is 10.7. The third-order valence-corrected chi connectivity index (χ3v) is 3.43. The van der Waals surface area contributed by atoms with Gasteiger partial charge in [-0.05, 0) is 30.3 Å². The summed E-state index contributed by atoms with van der Waals surface area (Å²) in [6.45, 7) is 1.82. The van der Waals surface area contributed by atoms with E-state index in [-0.39, 0.29) is 10.3 Å². The molecule has 2 heterocycles. The summed E-state index contributed by atoms with van der Waals surface area (Å²) in [7, 11) is 0. The molecule has 2 rings (SSSR count). The average molecular weight is 263 g/mol. The summed E-state index contributed by atoms with van der Waals surface area (Å²) in [4.78, 5) is 7.28. The Kier molecular flexibility index (Phi) is 3.13. The van der Waals surface area contributed by atoms with Gasteiger partial charge in [-0.1, -0.05) is 11.3 Å². The highest BCUT2D eigenvalue weighted by molar-refractivity contribution is 8.01. The van der Waals surface area contributed by atoms with Crippen LogP contribution in [-0.4, -0.2) is 20.2 Å². The van der Waals surface area contributed by atoms with Gasteiger partial charge >= 0.3 is 0 Å². The van der Waals surface area contributed by atoms with E-state index in [9.17, 15) is 4.39 Å². The molecule has 2 aromatic heterocycles. The maximum absolute atomic E-state index is 13.2. The molecule has 0 spiro atoms. The lowest BCUT2D eigenvalue weighted by Gasteiger charge is -1.97. The zero-order valence-electron chi connectivity index (χ0n) is 7.44. The van der Waals surface area contributed by atoms with E-state index in [1.165, 1.54) is 11.3 Å². The van der Waals surface area contributed by atoms with Crippen molar-refractivity contribution >= 4 is 34.7 Å². The molecule has 0 aliphatic carbocycles. The Morgan fingerprint density at radius 2 is 2.27 bits per heavy atom. The van der Waals surface area contributed by atoms with Crippen molar-refractivity contribution in [2.24, 2.45) is 0 Å². The van der Waals surface area contributed by atoms with E-state index in [2.05, 4.69) is 20.2 Å². The Morgan fingerprint density at radius 1 is 1.47 bits per heavy atom. The largest absolute Gasteiger partial charge is 0.223 e. The van der Waals surface area contributed by atoms with E-state index >= 15 is 0 Å². The lowest BCUT2D eigenvalue weighted by Crippen LogP contribution is -1.90. The molecule has 78 valence electrons. The fraction of sp³-hybridized carbons (Fsp3) is 0.143. The van der Waals surface area contributed by atoms with Gasteiger partial charge in [0.05, 0.1) is 6.20 Å². The summed E-state index contributed by atoms with van der Waals surface area (Å²) >= 11 is 8.00. The number of rotatable bonds is 2. The Labute approximate surface area is 97.9 Å². The summed E-state index contributed by atoms with van der Waals surface area (Å²) in [5, 5.41) is 8.65. The first-order valence-corrected chi connectivity index (χ1v) is 5.82. The zero-order chi connectivity index (χ0) is 10.8. The van der Waals surface area contributed by atoms with Crippen LogP contribution < -0.4 is 0 Å². The minimum absolute atomic E-state index is 0.0140. The highest BCUT2D eigenvalue weighted by atomic mass is 35.5. The third-order valence-electron chi connectivity index (χ3n) is 1.37. The topological polar surface area (TPSA) is 51.6 Å². The van der Waals surface area contributed by atoms with E-state index < -0.39 is 5.82 Å². The van der Waals surface area contributed by atoms with Crippen molar-refractivity contribution in [3.05, 3.63) is 22.3 Å². The molecular weight excluding hydrogens is 259 g/mol. The Hall–Kier alpha value is -0.790. The standard InChI is InChI=1S/C7H4ClFN4S2/c1-3-12-13-7(14-3)15-5-4(9)2-10-6(8)11-5/h2H,1H3. The Bertz CT molecular complexity index is 490. The number of hydrogen-bond acceptors (Lipinski definition) is 6. The van der Waals surface area contributed by atoms with E-state index in [0.717, 1.165) is 23.0 Å². The first-order chi connectivity index (χ1) is 7.15. The molecule has 0 amide bonds. The third kappa shape index (κ3) is 2.61. The predicted octanol–water partition coefficient (Wildman–Crippen LogP) is 2.58. The Morgan fingerprint density at radius 3 is 2.93 bits per heavy atom. The second-order valence-electron chi connectivity index (χ2n) is 2.48. The van der Waals surface area contributed by atoms with Gasteiger partial charge in [-0.15, -0.1) is 10.2 Å². The van der Waals surface area contributed by atoms with Gasteiger partial charge in [0.2, 0.25) is 5.28 Å². The summed E-state index contributed by atoms with van der Waals surface area (Å²) in [6, 6.07) is 0. The van der Waals surface area contributed by atoms with Crippen LogP contribution in [0.15, 0.2) is 15.6 Å². The lowest BCUT2D eigenvalue weighted by molar-refractivity contribution is 0.579. The maximum atomic E-state index is 13.2. The van der Waals surface area contributed by atoms with E-state index in [1.807, 2.05) is 6.92 Å². The monoisotopic (exact) mass is 262 g/mol. The van der Waals surface area contributed by atoms with Crippen LogP contribution in [0, 0.1) is 12.7 Å². The second-order valence-corrected chi connectivity index (χ2v) is 5.24. The molecule has 0 N–H and O–H groups in total. The minimum Gasteiger partial charge on any atom is -0.223 e. The fourth-order valence-electron chi connectivity index (χ4n) is 0.805. The average Bonchev–Trinajstić information content (AvgIpc) is 2.58. The molecule has 0 fully saturated rings. The van der Waals surface area contributed by atoms with Gasteiger partial charge in [0.15, 0.2) is 10.2 Å². The van der Waals surface area contributed by atoms with Crippen molar-refractivity contribution in [1.29, 1.82) is 0 Å². The summed E-state index contributed by atoms with van der Waals surface area (Å²) in [6.07, 6.45) is 1.03. The van der Waals surface area contributed by atoms with Crippen LogP contribution in [0.1, 0.15) is 5.01 Å². The number of halogens is 2. The molecule has 0 aliphatic rings. The fourth-order valence-corrected chi connectivity index (χ4v) is 2.70. The quantitative estimate of drug-likeness (QED) is 0.615. The number of hydrogen-bond donors (Lipinski definition) is 0. The van der Waals surface area contributed by atoms with Crippen molar-refractivity contribution in [1.82, 2.24) is 20.2 Å². The van der Waals surface area contributed by atoms with Crippen molar-refractivity contribution in [2.45, 2.75) is 16.3 Å². The van der Waals surface area contributed by atoms with Gasteiger partial charge in [-0.25, -0.2) is 14.4 Å². The molecule has 0 atom stereocenters. The minimum atomic E-state index is -0.516. The zero-order valence-corrected chi connectivity index (χ0v) is 9.83. The van der Waals surface area contributed by atoms with Crippen LogP contribution in [0.3, 0.4) is 0 Å². The molecule has 4 nitrogen and oxygen atoms in total. The van der Waals surface area contributed by atoms with Crippen LogP contribution in [0.2, 0.25) is 5.28 Å². The first-order valence-electron chi connectivity index (χ1n) is 3.81. The molecule has 0 unspecified atom stereocenters. The molecule has 0 bridgehead atoms. The number of aromatic nitrogens is 4. The molecule has 15 heavy (non-hydrogen) atoms. The van der Waals surface area contributed by atoms with Crippen molar-refractivity contribution in [3.63, 3.8) is 0 Å². The molecule has 0 saturated heterocycles. The maximum Gasteiger partial charge on any atom is 0.223 e. The molecule has 0 aromatic carbocycles. The van der Waals surface area contributed by atoms with Crippen molar-refractivity contribution < 1.29 is 4.39 Å². The molecule has 2 aromatic rings. The van der Waals surface area contributed by atoms with Crippen molar-refractivity contribution in [2.75, 3.05) is 0 Å². The Balaban J connectivity index is 2.27. The predicted molar refractivity (Wildman–Crippen MR) is 55.8 cm³/mol. The van der Waals surface area contributed by atoms with Crippen LogP contribution in [0.4, 0.5) is 4.39 Å². The van der Waals surface area contributed by atoms with E-state index in [4.69, 9.17) is 11.6 Å². The molecule has 8 heteroatoms. The normalized spacial score (nSPS) is 10.6. The van der Waals surface area contributed by atoms with Gasteiger partial charge in [-0.3, -0.25) is 0 Å². The highest BCUT2D eigenvalue weighted by Crippen LogP contribution is 2.30. The van der Waals surface area contributed by atoms with Crippen LogP contribution in [-0.2, 0) is 0 Å². The number of aryl methyl sites for hydroxylation is 1. The lowest BCUT2D eigenvalue weighted by atomic mass is 10.6. The van der Waals surface area contributed by atoms with Gasteiger partial charge in [0, 0.05) is 0 Å². The molecule has 0 saturated carbocycles. The SMILES string of the molecule is Cc1nnc(Sc2nc(Cl)ncc2F)s1. The van der Waals surface area contributed by atoms with Gasteiger partial charge in [0.1, 0.15) is 10.0 Å². The van der Waals surface area contributed by atoms with Crippen LogP contribution >= 0.6 is 34.7 Å². The molecular formula is C7H4ClFN4S2. The van der Waals surface area contributed by atoms with E-state index in [1.54, 1.807) is 0 Å². The second kappa shape index (κ2) is 4.38. The van der Waals surface area contributed by atoms with Crippen LogP contribution in [0.5, 0.6) is 0 Å².